The quantitative estimate of drug-likeness (QED) is 0.797. The summed E-state index contributed by atoms with van der Waals surface area (Å²) < 4.78 is 42.4. The molecule has 11 heteroatoms. The highest BCUT2D eigenvalue weighted by molar-refractivity contribution is 6.41. The van der Waals surface area contributed by atoms with Gasteiger partial charge in [-0.1, -0.05) is 30.1 Å². The molecule has 0 saturated heterocycles. The molecule has 0 fully saturated rings. The van der Waals surface area contributed by atoms with Gasteiger partial charge in [0, 0.05) is 18.3 Å². The summed E-state index contributed by atoms with van der Waals surface area (Å²) in [6.45, 7) is 1.75. The van der Waals surface area contributed by atoms with Gasteiger partial charge in [0.05, 0.1) is 6.54 Å². The Bertz CT molecular complexity index is 875. The molecule has 0 radical (unpaired) electrons. The summed E-state index contributed by atoms with van der Waals surface area (Å²) in [7, 11) is 1.61. The molecule has 1 amide bonds. The topological polar surface area (TPSA) is 64.7 Å². The summed E-state index contributed by atoms with van der Waals surface area (Å²) in [6, 6.07) is -0.842. The van der Waals surface area contributed by atoms with E-state index >= 15 is 0 Å². The van der Waals surface area contributed by atoms with Crippen molar-refractivity contribution < 1.29 is 18.0 Å². The van der Waals surface area contributed by atoms with Crippen LogP contribution in [0.4, 0.5) is 13.2 Å². The Kier molecular flexibility index (Phi) is 5.45. The van der Waals surface area contributed by atoms with Crippen LogP contribution < -0.4 is 5.32 Å². The fraction of sp³-hybridized carbons (Fsp3) is 0.562. The van der Waals surface area contributed by atoms with Crippen LogP contribution in [0, 0.1) is 0 Å². The number of fused-ring (bicyclic) bond motifs is 1. The highest BCUT2D eigenvalue weighted by Gasteiger charge is 2.41. The summed E-state index contributed by atoms with van der Waals surface area (Å²) in [5.74, 6) is -0.443. The maximum Gasteiger partial charge on any atom is 0.435 e. The van der Waals surface area contributed by atoms with Crippen LogP contribution >= 0.6 is 23.2 Å². The molecule has 3 rings (SSSR count). The van der Waals surface area contributed by atoms with Gasteiger partial charge < -0.3 is 5.32 Å². The van der Waals surface area contributed by atoms with Crippen LogP contribution in [0.3, 0.4) is 0 Å². The van der Waals surface area contributed by atoms with Gasteiger partial charge in [0.15, 0.2) is 5.69 Å². The number of hydrogen-bond donors (Lipinski definition) is 1. The third-order valence-corrected chi connectivity index (χ3v) is 5.56. The first kappa shape index (κ1) is 20.0. The molecule has 0 aromatic carbocycles. The average Bonchev–Trinajstić information content (AvgIpc) is 3.25. The minimum absolute atomic E-state index is 0.0182. The molecule has 27 heavy (non-hydrogen) atoms. The Balaban J connectivity index is 1.83. The molecule has 1 atom stereocenters. The Morgan fingerprint density at radius 3 is 2.56 bits per heavy atom. The van der Waals surface area contributed by atoms with Gasteiger partial charge in [0.1, 0.15) is 21.9 Å². The number of alkyl halides is 3. The predicted molar refractivity (Wildman–Crippen MR) is 93.7 cm³/mol. The smallest absolute Gasteiger partial charge is 0.348 e. The molecular weight excluding hydrogens is 406 g/mol. The normalized spacial score (nSPS) is 15.1. The molecule has 2 heterocycles. The Morgan fingerprint density at radius 2 is 2.00 bits per heavy atom. The van der Waals surface area contributed by atoms with Crippen molar-refractivity contribution in [2.45, 2.75) is 51.4 Å². The van der Waals surface area contributed by atoms with Gasteiger partial charge in [-0.05, 0) is 25.7 Å². The number of nitrogens with zero attached hydrogens (tertiary/aromatic N) is 4. The van der Waals surface area contributed by atoms with Crippen LogP contribution in [0.5, 0.6) is 0 Å². The van der Waals surface area contributed by atoms with Gasteiger partial charge in [-0.2, -0.15) is 23.4 Å². The number of aromatic nitrogens is 4. The van der Waals surface area contributed by atoms with Crippen LogP contribution in [-0.2, 0) is 37.4 Å². The van der Waals surface area contributed by atoms with Gasteiger partial charge in [0.25, 0.3) is 0 Å². The van der Waals surface area contributed by atoms with Gasteiger partial charge in [-0.25, -0.2) is 0 Å². The van der Waals surface area contributed by atoms with Crippen molar-refractivity contribution >= 4 is 29.1 Å². The number of halogens is 5. The monoisotopic (exact) mass is 423 g/mol. The molecule has 0 bridgehead atoms. The minimum atomic E-state index is -4.54. The molecule has 1 aliphatic rings. The van der Waals surface area contributed by atoms with E-state index in [-0.39, 0.29) is 22.3 Å². The first-order valence-corrected chi connectivity index (χ1v) is 9.22. The largest absolute Gasteiger partial charge is 0.435 e. The molecule has 148 valence electrons. The van der Waals surface area contributed by atoms with Crippen molar-refractivity contribution in [3.63, 3.8) is 0 Å². The van der Waals surface area contributed by atoms with E-state index in [4.69, 9.17) is 23.2 Å². The maximum absolute atomic E-state index is 13.3. The lowest BCUT2D eigenvalue weighted by molar-refractivity contribution is -0.142. The van der Waals surface area contributed by atoms with Crippen LogP contribution in [0.2, 0.25) is 10.2 Å². The van der Waals surface area contributed by atoms with Crippen LogP contribution in [-0.4, -0.2) is 25.5 Å². The number of carbonyl (C=O) groups excluding carboxylic acids is 1. The SMILES string of the molecule is CC[C@H](C(=O)NCc1nn(C)c(Cl)c1Cl)n1nc(C(F)(F)F)c2c1CCC2. The molecule has 6 nitrogen and oxygen atoms in total. The van der Waals surface area contributed by atoms with Crippen molar-refractivity contribution in [1.82, 2.24) is 24.9 Å². The van der Waals surface area contributed by atoms with E-state index in [1.807, 2.05) is 0 Å². The maximum atomic E-state index is 13.3. The first-order valence-electron chi connectivity index (χ1n) is 8.47. The molecular formula is C16H18Cl2F3N5O. The molecule has 0 spiro atoms. The van der Waals surface area contributed by atoms with E-state index in [0.29, 0.717) is 37.1 Å². The fourth-order valence-electron chi connectivity index (χ4n) is 3.35. The molecule has 1 aliphatic carbocycles. The van der Waals surface area contributed by atoms with E-state index in [2.05, 4.69) is 15.5 Å². The zero-order chi connectivity index (χ0) is 19.9. The Morgan fingerprint density at radius 1 is 1.30 bits per heavy atom. The number of aryl methyl sites for hydroxylation is 1. The lowest BCUT2D eigenvalue weighted by atomic mass is 10.1. The lowest BCUT2D eigenvalue weighted by Crippen LogP contribution is -2.33. The summed E-state index contributed by atoms with van der Waals surface area (Å²) in [5.41, 5.74) is 0.186. The second-order valence-corrected chi connectivity index (χ2v) is 7.12. The lowest BCUT2D eigenvalue weighted by Gasteiger charge is -2.17. The first-order chi connectivity index (χ1) is 12.6. The number of rotatable bonds is 5. The summed E-state index contributed by atoms with van der Waals surface area (Å²) in [4.78, 5) is 12.6. The number of carbonyl (C=O) groups is 1. The number of hydrogen-bond acceptors (Lipinski definition) is 3. The van der Waals surface area contributed by atoms with Gasteiger partial charge in [0.2, 0.25) is 5.91 Å². The standard InChI is InChI=1S/C16H18Cl2F3N5O/c1-3-10(15(27)22-7-9-12(17)14(18)25(2)23-9)26-11-6-4-5-8(11)13(24-26)16(19,20)21/h10H,3-7H2,1-2H3,(H,22,27)/t10-/m1/s1. The van der Waals surface area contributed by atoms with Gasteiger partial charge in [-0.15, -0.1) is 0 Å². The Labute approximate surface area is 163 Å². The van der Waals surface area contributed by atoms with Crippen LogP contribution in [0.1, 0.15) is 48.5 Å². The summed E-state index contributed by atoms with van der Waals surface area (Å²) >= 11 is 12.0. The summed E-state index contributed by atoms with van der Waals surface area (Å²) in [5, 5.41) is 11.0. The van der Waals surface area contributed by atoms with E-state index in [1.165, 1.54) is 9.36 Å². The van der Waals surface area contributed by atoms with Crippen molar-refractivity contribution in [2.24, 2.45) is 7.05 Å². The van der Waals surface area contributed by atoms with Gasteiger partial charge in [-0.3, -0.25) is 14.2 Å². The van der Waals surface area contributed by atoms with E-state index in [9.17, 15) is 18.0 Å². The van der Waals surface area contributed by atoms with Crippen LogP contribution in [0.15, 0.2) is 0 Å². The van der Waals surface area contributed by atoms with E-state index in [0.717, 1.165) is 0 Å². The second kappa shape index (κ2) is 7.35. The highest BCUT2D eigenvalue weighted by Crippen LogP contribution is 2.37. The van der Waals surface area contributed by atoms with Gasteiger partial charge >= 0.3 is 6.18 Å². The predicted octanol–water partition coefficient (Wildman–Crippen LogP) is 3.70. The fourth-order valence-corrected chi connectivity index (χ4v) is 3.72. The number of nitrogens with one attached hydrogen (secondary N) is 1. The number of amides is 1. The minimum Gasteiger partial charge on any atom is -0.348 e. The average molecular weight is 424 g/mol. The molecule has 2 aromatic rings. The summed E-state index contributed by atoms with van der Waals surface area (Å²) in [6.07, 6.45) is -2.81. The third-order valence-electron chi connectivity index (χ3n) is 4.63. The van der Waals surface area contributed by atoms with Crippen molar-refractivity contribution in [1.29, 1.82) is 0 Å². The van der Waals surface area contributed by atoms with E-state index < -0.39 is 23.8 Å². The zero-order valence-corrected chi connectivity index (χ0v) is 16.2. The molecule has 0 aliphatic heterocycles. The van der Waals surface area contributed by atoms with Crippen LogP contribution in [0.25, 0.3) is 0 Å². The van der Waals surface area contributed by atoms with Crippen molar-refractivity contribution in [3.05, 3.63) is 32.8 Å². The highest BCUT2D eigenvalue weighted by atomic mass is 35.5. The second-order valence-electron chi connectivity index (χ2n) is 6.39. The molecule has 0 saturated carbocycles. The third kappa shape index (κ3) is 3.67. The Hall–Kier alpha value is -1.74. The molecule has 1 N–H and O–H groups in total. The van der Waals surface area contributed by atoms with E-state index in [1.54, 1.807) is 14.0 Å². The van der Waals surface area contributed by atoms with Crippen molar-refractivity contribution in [2.75, 3.05) is 0 Å². The molecule has 2 aromatic heterocycles. The zero-order valence-electron chi connectivity index (χ0n) is 14.7. The molecule has 0 unspecified atom stereocenters. The van der Waals surface area contributed by atoms with Crippen molar-refractivity contribution in [3.8, 4) is 0 Å².